The maximum Gasteiger partial charge on any atom is 0.243 e. The van der Waals surface area contributed by atoms with E-state index >= 15 is 0 Å². The molecule has 0 bridgehead atoms. The SMILES string of the molecule is O=CN1CCN(CC(=O)N2CCNC(=O)[C@@H]2CC(=O)Nc2ccc(F)cc2)CC1. The molecule has 0 aromatic heterocycles. The highest BCUT2D eigenvalue weighted by Crippen LogP contribution is 2.14. The molecule has 0 saturated carbocycles. The zero-order valence-electron chi connectivity index (χ0n) is 16.0. The summed E-state index contributed by atoms with van der Waals surface area (Å²) in [5.41, 5.74) is 0.415. The number of piperazine rings is 2. The van der Waals surface area contributed by atoms with Crippen molar-refractivity contribution in [2.45, 2.75) is 12.5 Å². The largest absolute Gasteiger partial charge is 0.353 e. The van der Waals surface area contributed by atoms with Crippen molar-refractivity contribution in [2.75, 3.05) is 51.1 Å². The Balaban J connectivity index is 1.58. The molecule has 9 nitrogen and oxygen atoms in total. The molecule has 1 atom stereocenters. The first-order valence-corrected chi connectivity index (χ1v) is 9.50. The smallest absolute Gasteiger partial charge is 0.243 e. The minimum atomic E-state index is -0.895. The Labute approximate surface area is 167 Å². The minimum absolute atomic E-state index is 0.135. The first-order chi connectivity index (χ1) is 14.0. The predicted octanol–water partition coefficient (Wildman–Crippen LogP) is -0.745. The minimum Gasteiger partial charge on any atom is -0.353 e. The van der Waals surface area contributed by atoms with Crippen molar-refractivity contribution in [3.8, 4) is 0 Å². The van der Waals surface area contributed by atoms with Gasteiger partial charge in [0.15, 0.2) is 0 Å². The highest BCUT2D eigenvalue weighted by Gasteiger charge is 2.35. The fourth-order valence-electron chi connectivity index (χ4n) is 3.45. The summed E-state index contributed by atoms with van der Waals surface area (Å²) in [4.78, 5) is 53.3. The van der Waals surface area contributed by atoms with E-state index in [2.05, 4.69) is 10.6 Å². The van der Waals surface area contributed by atoms with Crippen LogP contribution in [0.4, 0.5) is 10.1 Å². The lowest BCUT2D eigenvalue weighted by molar-refractivity contribution is -0.145. The Morgan fingerprint density at radius 1 is 1.14 bits per heavy atom. The predicted molar refractivity (Wildman–Crippen MR) is 102 cm³/mol. The fraction of sp³-hybridized carbons (Fsp3) is 0.474. The average Bonchev–Trinajstić information content (AvgIpc) is 2.71. The molecule has 3 rings (SSSR count). The summed E-state index contributed by atoms with van der Waals surface area (Å²) < 4.78 is 13.0. The summed E-state index contributed by atoms with van der Waals surface area (Å²) >= 11 is 0. The van der Waals surface area contributed by atoms with E-state index in [0.29, 0.717) is 45.0 Å². The molecule has 156 valence electrons. The number of amides is 4. The van der Waals surface area contributed by atoms with E-state index in [-0.39, 0.29) is 24.8 Å². The van der Waals surface area contributed by atoms with Crippen LogP contribution < -0.4 is 10.6 Å². The van der Waals surface area contributed by atoms with Gasteiger partial charge in [-0.2, -0.15) is 0 Å². The number of halogens is 1. The molecule has 2 N–H and O–H groups in total. The summed E-state index contributed by atoms with van der Waals surface area (Å²) in [5, 5.41) is 5.31. The van der Waals surface area contributed by atoms with E-state index in [0.717, 1.165) is 6.41 Å². The summed E-state index contributed by atoms with van der Waals surface area (Å²) in [5.74, 6) is -1.44. The maximum atomic E-state index is 13.0. The molecule has 1 aromatic rings. The molecular formula is C19H24FN5O4. The maximum absolute atomic E-state index is 13.0. The van der Waals surface area contributed by atoms with Crippen molar-refractivity contribution in [1.82, 2.24) is 20.0 Å². The third kappa shape index (κ3) is 5.50. The topological polar surface area (TPSA) is 102 Å². The van der Waals surface area contributed by atoms with Crippen molar-refractivity contribution in [1.29, 1.82) is 0 Å². The third-order valence-corrected chi connectivity index (χ3v) is 5.07. The molecule has 2 saturated heterocycles. The first kappa shape index (κ1) is 20.7. The number of carbonyl (C=O) groups is 4. The van der Waals surface area contributed by atoms with E-state index in [1.165, 1.54) is 29.2 Å². The first-order valence-electron chi connectivity index (χ1n) is 9.50. The number of hydrogen-bond acceptors (Lipinski definition) is 5. The Bertz CT molecular complexity index is 764. The van der Waals surface area contributed by atoms with Gasteiger partial charge in [0.1, 0.15) is 11.9 Å². The summed E-state index contributed by atoms with van der Waals surface area (Å²) in [6.07, 6.45) is 0.609. The van der Waals surface area contributed by atoms with Crippen molar-refractivity contribution in [3.05, 3.63) is 30.1 Å². The standard InChI is InChI=1S/C19H24FN5O4/c20-14-1-3-15(4-2-14)22-17(27)11-16-19(29)21-5-6-25(16)18(28)12-23-7-9-24(13-26)10-8-23/h1-4,13,16H,5-12H2,(H,21,29)(H,22,27)/t16-/m0/s1. The van der Waals surface area contributed by atoms with Gasteiger partial charge in [-0.1, -0.05) is 0 Å². The fourth-order valence-corrected chi connectivity index (χ4v) is 3.45. The second-order valence-corrected chi connectivity index (χ2v) is 7.07. The van der Waals surface area contributed by atoms with Gasteiger partial charge in [0.05, 0.1) is 13.0 Å². The average molecular weight is 405 g/mol. The van der Waals surface area contributed by atoms with Crippen LogP contribution in [-0.4, -0.2) is 90.7 Å². The molecule has 0 spiro atoms. The number of rotatable bonds is 6. The number of nitrogens with one attached hydrogen (secondary N) is 2. The van der Waals surface area contributed by atoms with E-state index in [1.54, 1.807) is 4.90 Å². The van der Waals surface area contributed by atoms with Crippen molar-refractivity contribution < 1.29 is 23.6 Å². The lowest BCUT2D eigenvalue weighted by Gasteiger charge is -2.37. The second-order valence-electron chi connectivity index (χ2n) is 7.07. The monoisotopic (exact) mass is 405 g/mol. The van der Waals surface area contributed by atoms with E-state index in [4.69, 9.17) is 0 Å². The normalized spacial score (nSPS) is 20.2. The zero-order valence-corrected chi connectivity index (χ0v) is 16.0. The molecule has 4 amide bonds. The number of hydrogen-bond donors (Lipinski definition) is 2. The van der Waals surface area contributed by atoms with Crippen LogP contribution in [0, 0.1) is 5.82 Å². The van der Waals surface area contributed by atoms with Gasteiger partial charge in [0, 0.05) is 45.0 Å². The second kappa shape index (κ2) is 9.46. The van der Waals surface area contributed by atoms with Crippen LogP contribution >= 0.6 is 0 Å². The van der Waals surface area contributed by atoms with Gasteiger partial charge in [-0.3, -0.25) is 24.1 Å². The van der Waals surface area contributed by atoms with E-state index < -0.39 is 17.8 Å². The molecule has 2 aliphatic heterocycles. The summed E-state index contributed by atoms with van der Waals surface area (Å²) in [6.45, 7) is 3.07. The van der Waals surface area contributed by atoms with Crippen molar-refractivity contribution >= 4 is 29.8 Å². The molecule has 10 heteroatoms. The number of nitrogens with zero attached hydrogens (tertiary/aromatic N) is 3. The lowest BCUT2D eigenvalue weighted by Crippen LogP contribution is -2.60. The molecule has 29 heavy (non-hydrogen) atoms. The quantitative estimate of drug-likeness (QED) is 0.607. The van der Waals surface area contributed by atoms with Gasteiger partial charge in [0.25, 0.3) is 0 Å². The van der Waals surface area contributed by atoms with Gasteiger partial charge < -0.3 is 20.4 Å². The third-order valence-electron chi connectivity index (χ3n) is 5.07. The molecule has 2 fully saturated rings. The van der Waals surface area contributed by atoms with E-state index in [1.807, 2.05) is 4.90 Å². The van der Waals surface area contributed by atoms with Gasteiger partial charge in [-0.15, -0.1) is 0 Å². The molecule has 1 aromatic carbocycles. The summed E-state index contributed by atoms with van der Waals surface area (Å²) in [6, 6.07) is 4.41. The molecule has 0 radical (unpaired) electrons. The molecule has 0 unspecified atom stereocenters. The van der Waals surface area contributed by atoms with Crippen molar-refractivity contribution in [2.24, 2.45) is 0 Å². The molecule has 2 aliphatic rings. The molecule has 2 heterocycles. The Hall–Kier alpha value is -3.01. The van der Waals surface area contributed by atoms with Crippen LogP contribution in [0.5, 0.6) is 0 Å². The Kier molecular flexibility index (Phi) is 6.76. The summed E-state index contributed by atoms with van der Waals surface area (Å²) in [7, 11) is 0. The van der Waals surface area contributed by atoms with E-state index in [9.17, 15) is 23.6 Å². The van der Waals surface area contributed by atoms with Crippen LogP contribution in [-0.2, 0) is 19.2 Å². The number of benzene rings is 1. The Morgan fingerprint density at radius 2 is 1.83 bits per heavy atom. The van der Waals surface area contributed by atoms with Gasteiger partial charge in [-0.25, -0.2) is 4.39 Å². The number of anilines is 1. The lowest BCUT2D eigenvalue weighted by atomic mass is 10.1. The van der Waals surface area contributed by atoms with Crippen LogP contribution in [0.25, 0.3) is 0 Å². The van der Waals surface area contributed by atoms with Gasteiger partial charge in [0.2, 0.25) is 24.1 Å². The van der Waals surface area contributed by atoms with Crippen LogP contribution in [0.15, 0.2) is 24.3 Å². The van der Waals surface area contributed by atoms with Crippen LogP contribution in [0.2, 0.25) is 0 Å². The van der Waals surface area contributed by atoms with Crippen molar-refractivity contribution in [3.63, 3.8) is 0 Å². The Morgan fingerprint density at radius 3 is 2.48 bits per heavy atom. The molecular weight excluding hydrogens is 381 g/mol. The number of carbonyl (C=O) groups excluding carboxylic acids is 4. The highest BCUT2D eigenvalue weighted by molar-refractivity contribution is 5.97. The van der Waals surface area contributed by atoms with Gasteiger partial charge >= 0.3 is 0 Å². The van der Waals surface area contributed by atoms with Crippen LogP contribution in [0.3, 0.4) is 0 Å². The van der Waals surface area contributed by atoms with Crippen LogP contribution in [0.1, 0.15) is 6.42 Å². The molecule has 0 aliphatic carbocycles. The highest BCUT2D eigenvalue weighted by atomic mass is 19.1. The van der Waals surface area contributed by atoms with Gasteiger partial charge in [-0.05, 0) is 24.3 Å². The zero-order chi connectivity index (χ0) is 20.8.